The standard InChI is InChI=1S/C21H21FN2O4/c1-13-7-14(2)9-16(8-13)23-19(25)12-28-21(27)15-10-20(26)24(11-15)18-6-4-3-5-17(18)22/h3-9,15H,10-12H2,1-2H3,(H,23,25)/t15-/m0/s1. The van der Waals surface area contributed by atoms with E-state index in [1.54, 1.807) is 6.07 Å². The number of amides is 2. The molecule has 6 nitrogen and oxygen atoms in total. The van der Waals surface area contributed by atoms with Crippen LogP contribution in [0.15, 0.2) is 42.5 Å². The smallest absolute Gasteiger partial charge is 0.311 e. The van der Waals surface area contributed by atoms with Gasteiger partial charge in [-0.25, -0.2) is 4.39 Å². The molecule has 1 atom stereocenters. The van der Waals surface area contributed by atoms with Gasteiger partial charge in [-0.05, 0) is 49.2 Å². The molecule has 1 fully saturated rings. The SMILES string of the molecule is Cc1cc(C)cc(NC(=O)COC(=O)[C@H]2CC(=O)N(c3ccccc3F)C2)c1. The van der Waals surface area contributed by atoms with Gasteiger partial charge >= 0.3 is 5.97 Å². The van der Waals surface area contributed by atoms with Crippen LogP contribution in [0.1, 0.15) is 17.5 Å². The highest BCUT2D eigenvalue weighted by atomic mass is 19.1. The van der Waals surface area contributed by atoms with E-state index >= 15 is 0 Å². The number of anilines is 2. The largest absolute Gasteiger partial charge is 0.455 e. The van der Waals surface area contributed by atoms with Crippen LogP contribution in [-0.4, -0.2) is 30.9 Å². The summed E-state index contributed by atoms with van der Waals surface area (Å²) in [6, 6.07) is 11.5. The number of hydrogen-bond acceptors (Lipinski definition) is 4. The zero-order chi connectivity index (χ0) is 20.3. The number of ether oxygens (including phenoxy) is 1. The summed E-state index contributed by atoms with van der Waals surface area (Å²) < 4.78 is 19.0. The normalized spacial score (nSPS) is 16.2. The van der Waals surface area contributed by atoms with E-state index < -0.39 is 30.2 Å². The van der Waals surface area contributed by atoms with Crippen molar-refractivity contribution < 1.29 is 23.5 Å². The molecule has 1 saturated heterocycles. The summed E-state index contributed by atoms with van der Waals surface area (Å²) in [6.45, 7) is 3.41. The maximum atomic E-state index is 13.9. The fourth-order valence-corrected chi connectivity index (χ4v) is 3.27. The number of hydrogen-bond donors (Lipinski definition) is 1. The highest BCUT2D eigenvalue weighted by Gasteiger charge is 2.37. The average Bonchev–Trinajstić information content (AvgIpc) is 3.01. The van der Waals surface area contributed by atoms with E-state index in [0.29, 0.717) is 5.69 Å². The summed E-state index contributed by atoms with van der Waals surface area (Å²) in [6.07, 6.45) is -0.0775. The quantitative estimate of drug-likeness (QED) is 0.804. The molecule has 0 spiro atoms. The number of aryl methyl sites for hydroxylation is 2. The molecule has 7 heteroatoms. The predicted molar refractivity (Wildman–Crippen MR) is 102 cm³/mol. The number of carbonyl (C=O) groups excluding carboxylic acids is 3. The molecular formula is C21H21FN2O4. The maximum absolute atomic E-state index is 13.9. The lowest BCUT2D eigenvalue weighted by Gasteiger charge is -2.17. The Labute approximate surface area is 162 Å². The summed E-state index contributed by atoms with van der Waals surface area (Å²) in [4.78, 5) is 37.7. The molecule has 2 aromatic rings. The second kappa shape index (κ2) is 8.21. The second-order valence-corrected chi connectivity index (χ2v) is 6.89. The van der Waals surface area contributed by atoms with E-state index in [0.717, 1.165) is 11.1 Å². The third kappa shape index (κ3) is 4.54. The van der Waals surface area contributed by atoms with Crippen LogP contribution in [0.25, 0.3) is 0 Å². The van der Waals surface area contributed by atoms with Crippen LogP contribution in [0, 0.1) is 25.6 Å². The van der Waals surface area contributed by atoms with Gasteiger partial charge in [-0.1, -0.05) is 18.2 Å². The lowest BCUT2D eigenvalue weighted by atomic mass is 10.1. The number of carbonyl (C=O) groups is 3. The lowest BCUT2D eigenvalue weighted by Crippen LogP contribution is -2.28. The molecule has 2 aromatic carbocycles. The molecule has 0 saturated carbocycles. The van der Waals surface area contributed by atoms with E-state index in [9.17, 15) is 18.8 Å². The van der Waals surface area contributed by atoms with Gasteiger partial charge in [0.05, 0.1) is 11.6 Å². The lowest BCUT2D eigenvalue weighted by molar-refractivity contribution is -0.151. The fraction of sp³-hybridized carbons (Fsp3) is 0.286. The van der Waals surface area contributed by atoms with Gasteiger partial charge in [0.15, 0.2) is 6.61 Å². The minimum absolute atomic E-state index is 0.0251. The first-order chi connectivity index (χ1) is 13.3. The van der Waals surface area contributed by atoms with Gasteiger partial charge in [-0.2, -0.15) is 0 Å². The Morgan fingerprint density at radius 1 is 1.18 bits per heavy atom. The molecule has 28 heavy (non-hydrogen) atoms. The molecule has 0 aromatic heterocycles. The average molecular weight is 384 g/mol. The zero-order valence-corrected chi connectivity index (χ0v) is 15.7. The fourth-order valence-electron chi connectivity index (χ4n) is 3.27. The second-order valence-electron chi connectivity index (χ2n) is 6.89. The molecule has 0 bridgehead atoms. The van der Waals surface area contributed by atoms with Crippen molar-refractivity contribution in [2.24, 2.45) is 5.92 Å². The Hall–Kier alpha value is -3.22. The molecule has 1 N–H and O–H groups in total. The van der Waals surface area contributed by atoms with Gasteiger partial charge in [0.25, 0.3) is 5.91 Å². The van der Waals surface area contributed by atoms with Crippen molar-refractivity contribution in [1.29, 1.82) is 0 Å². The van der Waals surface area contributed by atoms with E-state index in [1.807, 2.05) is 32.0 Å². The van der Waals surface area contributed by atoms with Crippen molar-refractivity contribution in [3.63, 3.8) is 0 Å². The van der Waals surface area contributed by atoms with Crippen LogP contribution in [0.4, 0.5) is 15.8 Å². The number of rotatable bonds is 5. The molecule has 3 rings (SSSR count). The monoisotopic (exact) mass is 384 g/mol. The Balaban J connectivity index is 1.54. The van der Waals surface area contributed by atoms with Crippen molar-refractivity contribution in [3.8, 4) is 0 Å². The molecule has 146 valence electrons. The number of nitrogens with zero attached hydrogens (tertiary/aromatic N) is 1. The molecule has 0 aliphatic carbocycles. The van der Waals surface area contributed by atoms with Crippen LogP contribution in [-0.2, 0) is 19.1 Å². The summed E-state index contributed by atoms with van der Waals surface area (Å²) in [5.41, 5.74) is 2.77. The first-order valence-corrected chi connectivity index (χ1v) is 8.93. The molecule has 0 unspecified atom stereocenters. The molecular weight excluding hydrogens is 363 g/mol. The molecule has 1 aliphatic heterocycles. The third-order valence-electron chi connectivity index (χ3n) is 4.45. The molecule has 0 radical (unpaired) electrons. The first kappa shape index (κ1) is 19.5. The van der Waals surface area contributed by atoms with Gasteiger partial charge in [-0.15, -0.1) is 0 Å². The van der Waals surface area contributed by atoms with Crippen LogP contribution < -0.4 is 10.2 Å². The van der Waals surface area contributed by atoms with Crippen LogP contribution in [0.5, 0.6) is 0 Å². The zero-order valence-electron chi connectivity index (χ0n) is 15.7. The van der Waals surface area contributed by atoms with Gasteiger partial charge in [-0.3, -0.25) is 14.4 Å². The predicted octanol–water partition coefficient (Wildman–Crippen LogP) is 2.98. The first-order valence-electron chi connectivity index (χ1n) is 8.93. The number of halogens is 1. The van der Waals surface area contributed by atoms with Crippen molar-refractivity contribution in [1.82, 2.24) is 0 Å². The molecule has 1 heterocycles. The summed E-state index contributed by atoms with van der Waals surface area (Å²) in [5.74, 6) is -2.73. The minimum Gasteiger partial charge on any atom is -0.455 e. The van der Waals surface area contributed by atoms with E-state index in [4.69, 9.17) is 4.74 Å². The number of nitrogens with one attached hydrogen (secondary N) is 1. The number of esters is 1. The van der Waals surface area contributed by atoms with Gasteiger partial charge < -0.3 is 15.0 Å². The third-order valence-corrected chi connectivity index (χ3v) is 4.45. The molecule has 2 amide bonds. The van der Waals surface area contributed by atoms with E-state index in [-0.39, 0.29) is 24.6 Å². The van der Waals surface area contributed by atoms with E-state index in [1.165, 1.54) is 23.1 Å². The van der Waals surface area contributed by atoms with Crippen molar-refractivity contribution in [2.75, 3.05) is 23.4 Å². The Morgan fingerprint density at radius 2 is 1.86 bits per heavy atom. The van der Waals surface area contributed by atoms with Crippen LogP contribution >= 0.6 is 0 Å². The maximum Gasteiger partial charge on any atom is 0.311 e. The van der Waals surface area contributed by atoms with Crippen LogP contribution in [0.2, 0.25) is 0 Å². The number of benzene rings is 2. The Kier molecular flexibility index (Phi) is 5.73. The molecule has 1 aliphatic rings. The minimum atomic E-state index is -0.735. The van der Waals surface area contributed by atoms with E-state index in [2.05, 4.69) is 5.32 Å². The van der Waals surface area contributed by atoms with Crippen LogP contribution in [0.3, 0.4) is 0 Å². The van der Waals surface area contributed by atoms with Gasteiger partial charge in [0, 0.05) is 18.7 Å². The van der Waals surface area contributed by atoms with Crippen molar-refractivity contribution in [3.05, 3.63) is 59.4 Å². The summed E-state index contributed by atoms with van der Waals surface area (Å²) in [7, 11) is 0. The van der Waals surface area contributed by atoms with Gasteiger partial charge in [0.2, 0.25) is 5.91 Å². The highest BCUT2D eigenvalue weighted by molar-refractivity contribution is 6.00. The summed E-state index contributed by atoms with van der Waals surface area (Å²) in [5, 5.41) is 2.68. The summed E-state index contributed by atoms with van der Waals surface area (Å²) >= 11 is 0. The Bertz CT molecular complexity index is 908. The topological polar surface area (TPSA) is 75.7 Å². The van der Waals surface area contributed by atoms with Crippen molar-refractivity contribution in [2.45, 2.75) is 20.3 Å². The van der Waals surface area contributed by atoms with Crippen molar-refractivity contribution >= 4 is 29.2 Å². The van der Waals surface area contributed by atoms with Gasteiger partial charge in [0.1, 0.15) is 5.82 Å². The Morgan fingerprint density at radius 3 is 2.54 bits per heavy atom. The highest BCUT2D eigenvalue weighted by Crippen LogP contribution is 2.27. The number of para-hydroxylation sites is 1.